The smallest absolute Gasteiger partial charge is 0.325 e. The average molecular weight is 323 g/mol. The predicted molar refractivity (Wildman–Crippen MR) is 82.3 cm³/mol. The molecule has 6 heteroatoms. The first kappa shape index (κ1) is 16.5. The number of carbonyl (C=O) groups excluding carboxylic acids is 2. The van der Waals surface area contributed by atoms with E-state index in [1.54, 1.807) is 6.92 Å². The number of nitrogens with one attached hydrogen (secondary N) is 1. The summed E-state index contributed by atoms with van der Waals surface area (Å²) < 4.78 is 5.72. The molecule has 23 heavy (non-hydrogen) atoms. The van der Waals surface area contributed by atoms with Gasteiger partial charge < -0.3 is 20.3 Å². The average Bonchev–Trinajstić information content (AvgIpc) is 2.39. The Morgan fingerprint density at radius 1 is 1.26 bits per heavy atom. The van der Waals surface area contributed by atoms with Gasteiger partial charge in [-0.3, -0.25) is 9.59 Å². The molecule has 6 nitrogen and oxygen atoms in total. The van der Waals surface area contributed by atoms with E-state index in [0.717, 1.165) is 0 Å². The molecule has 4 fully saturated rings. The summed E-state index contributed by atoms with van der Waals surface area (Å²) in [4.78, 5) is 23.7. The molecule has 5 unspecified atom stereocenters. The van der Waals surface area contributed by atoms with E-state index < -0.39 is 28.7 Å². The lowest BCUT2D eigenvalue weighted by molar-refractivity contribution is -0.289. The van der Waals surface area contributed by atoms with Crippen molar-refractivity contribution in [2.45, 2.75) is 62.8 Å². The van der Waals surface area contributed by atoms with E-state index in [1.165, 1.54) is 0 Å². The zero-order valence-electron chi connectivity index (χ0n) is 13.7. The summed E-state index contributed by atoms with van der Waals surface area (Å²) in [7, 11) is 0. The lowest BCUT2D eigenvalue weighted by Gasteiger charge is -2.65. The highest BCUT2D eigenvalue weighted by molar-refractivity contribution is 5.94. The molecule has 0 aliphatic heterocycles. The molecule has 0 aromatic carbocycles. The van der Waals surface area contributed by atoms with Crippen molar-refractivity contribution < 1.29 is 24.5 Å². The molecule has 4 saturated carbocycles. The second kappa shape index (κ2) is 5.05. The van der Waals surface area contributed by atoms with Gasteiger partial charge in [0.15, 0.2) is 0 Å². The van der Waals surface area contributed by atoms with Gasteiger partial charge in [0.05, 0.1) is 11.2 Å². The Labute approximate surface area is 135 Å². The van der Waals surface area contributed by atoms with Crippen LogP contribution in [0.4, 0.5) is 0 Å². The number of hydrogen-bond acceptors (Lipinski definition) is 5. The maximum absolute atomic E-state index is 12.2. The summed E-state index contributed by atoms with van der Waals surface area (Å²) in [5, 5.41) is 24.1. The summed E-state index contributed by atoms with van der Waals surface area (Å²) in [6, 6.07) is 0. The Kier molecular flexibility index (Phi) is 3.61. The second-order valence-electron chi connectivity index (χ2n) is 7.88. The Morgan fingerprint density at radius 3 is 2.57 bits per heavy atom. The molecule has 0 saturated heterocycles. The van der Waals surface area contributed by atoms with Crippen LogP contribution in [0.2, 0.25) is 0 Å². The van der Waals surface area contributed by atoms with Gasteiger partial charge in [-0.05, 0) is 32.1 Å². The number of carbonyl (C=O) groups is 2. The van der Waals surface area contributed by atoms with Crippen LogP contribution in [0.3, 0.4) is 0 Å². The molecular formula is C17H25NO5. The van der Waals surface area contributed by atoms with Crippen LogP contribution in [-0.4, -0.2) is 45.4 Å². The minimum atomic E-state index is -0.977. The fraction of sp³-hybridized carbons (Fsp3) is 0.765. The molecule has 0 heterocycles. The van der Waals surface area contributed by atoms with Crippen molar-refractivity contribution in [2.24, 2.45) is 11.8 Å². The molecule has 128 valence electrons. The van der Waals surface area contributed by atoms with Crippen molar-refractivity contribution in [2.75, 3.05) is 6.54 Å². The molecule has 4 aliphatic rings. The quantitative estimate of drug-likeness (QED) is 0.522. The first-order valence-corrected chi connectivity index (χ1v) is 8.18. The summed E-state index contributed by atoms with van der Waals surface area (Å²) in [5.41, 5.74) is -2.45. The number of amides is 1. The van der Waals surface area contributed by atoms with Gasteiger partial charge in [-0.2, -0.15) is 0 Å². The van der Waals surface area contributed by atoms with Crippen LogP contribution in [0.5, 0.6) is 0 Å². The number of esters is 1. The topological polar surface area (TPSA) is 95.9 Å². The third-order valence-electron chi connectivity index (χ3n) is 5.90. The van der Waals surface area contributed by atoms with Crippen molar-refractivity contribution in [3.8, 4) is 0 Å². The third-order valence-corrected chi connectivity index (χ3v) is 5.90. The summed E-state index contributed by atoms with van der Waals surface area (Å²) in [5.74, 6) is -0.993. The normalized spacial score (nSPS) is 44.0. The number of hydrogen-bond donors (Lipinski definition) is 3. The molecule has 4 bridgehead atoms. The molecule has 1 amide bonds. The maximum Gasteiger partial charge on any atom is 0.325 e. The zero-order chi connectivity index (χ0) is 17.0. The predicted octanol–water partition coefficient (Wildman–Crippen LogP) is 0.666. The van der Waals surface area contributed by atoms with Crippen molar-refractivity contribution >= 4 is 11.9 Å². The van der Waals surface area contributed by atoms with Crippen LogP contribution in [-0.2, 0) is 14.3 Å². The lowest BCUT2D eigenvalue weighted by atomic mass is 9.46. The lowest BCUT2D eigenvalue weighted by Crippen LogP contribution is -2.71. The van der Waals surface area contributed by atoms with E-state index in [1.807, 2.05) is 6.92 Å². The fourth-order valence-electron chi connectivity index (χ4n) is 5.10. The van der Waals surface area contributed by atoms with Gasteiger partial charge in [-0.1, -0.05) is 13.5 Å². The van der Waals surface area contributed by atoms with E-state index in [4.69, 9.17) is 4.74 Å². The highest BCUT2D eigenvalue weighted by atomic mass is 16.6. The first-order chi connectivity index (χ1) is 10.6. The highest BCUT2D eigenvalue weighted by Gasteiger charge is 2.68. The van der Waals surface area contributed by atoms with Crippen molar-refractivity contribution in [1.82, 2.24) is 5.32 Å². The molecule has 0 aromatic rings. The van der Waals surface area contributed by atoms with Crippen molar-refractivity contribution in [3.63, 3.8) is 0 Å². The molecule has 4 rings (SSSR count). The largest absolute Gasteiger partial charge is 0.457 e. The Balaban J connectivity index is 1.72. The van der Waals surface area contributed by atoms with Crippen molar-refractivity contribution in [3.05, 3.63) is 12.2 Å². The monoisotopic (exact) mass is 323 g/mol. The first-order valence-electron chi connectivity index (χ1n) is 8.18. The summed E-state index contributed by atoms with van der Waals surface area (Å²) >= 11 is 0. The van der Waals surface area contributed by atoms with Crippen LogP contribution in [0.15, 0.2) is 12.2 Å². The molecule has 0 aromatic heterocycles. The van der Waals surface area contributed by atoms with Gasteiger partial charge in [0, 0.05) is 24.3 Å². The van der Waals surface area contributed by atoms with Crippen molar-refractivity contribution in [1.29, 1.82) is 0 Å². The van der Waals surface area contributed by atoms with Gasteiger partial charge in [0.25, 0.3) is 0 Å². The van der Waals surface area contributed by atoms with Gasteiger partial charge >= 0.3 is 5.97 Å². The van der Waals surface area contributed by atoms with E-state index in [9.17, 15) is 19.8 Å². The van der Waals surface area contributed by atoms with Crippen LogP contribution < -0.4 is 5.32 Å². The Hall–Kier alpha value is -1.40. The minimum absolute atomic E-state index is 0.168. The summed E-state index contributed by atoms with van der Waals surface area (Å²) in [6.45, 7) is 6.73. The van der Waals surface area contributed by atoms with Crippen LogP contribution in [0.1, 0.15) is 46.0 Å². The molecule has 0 radical (unpaired) electrons. The highest BCUT2D eigenvalue weighted by Crippen LogP contribution is 2.62. The van der Waals surface area contributed by atoms with Crippen LogP contribution in [0, 0.1) is 11.8 Å². The van der Waals surface area contributed by atoms with E-state index in [0.29, 0.717) is 37.7 Å². The minimum Gasteiger partial charge on any atom is -0.457 e. The molecule has 5 atom stereocenters. The third kappa shape index (κ3) is 2.68. The van der Waals surface area contributed by atoms with E-state index in [2.05, 4.69) is 11.9 Å². The Morgan fingerprint density at radius 2 is 1.96 bits per heavy atom. The van der Waals surface area contributed by atoms with Crippen LogP contribution >= 0.6 is 0 Å². The number of rotatable bonds is 4. The number of ether oxygens (including phenoxy) is 1. The SMILES string of the molecule is C=C(C)C(=O)NCC(=O)OC12CC3CC(O)(CC(O)(C3)C1C)C2. The molecule has 3 N–H and O–H groups in total. The van der Waals surface area contributed by atoms with Gasteiger partial charge in [-0.15, -0.1) is 0 Å². The standard InChI is InChI=1S/C17H25NO5/c1-10(2)14(20)18-7-13(19)23-17-6-12-4-15(21,9-17)8-16(22,5-12)11(17)3/h11-12,21-22H,1,4-9H2,2-3H3,(H,18,20). The Bertz CT molecular complexity index is 575. The summed E-state index contributed by atoms with van der Waals surface area (Å²) in [6.07, 6.45) is 2.69. The van der Waals surface area contributed by atoms with Gasteiger partial charge in [0.1, 0.15) is 12.1 Å². The van der Waals surface area contributed by atoms with Crippen LogP contribution in [0.25, 0.3) is 0 Å². The number of aliphatic hydroxyl groups is 2. The second-order valence-corrected chi connectivity index (χ2v) is 7.88. The van der Waals surface area contributed by atoms with E-state index >= 15 is 0 Å². The zero-order valence-corrected chi connectivity index (χ0v) is 13.7. The van der Waals surface area contributed by atoms with Gasteiger partial charge in [-0.25, -0.2) is 0 Å². The van der Waals surface area contributed by atoms with E-state index in [-0.39, 0.29) is 18.4 Å². The maximum atomic E-state index is 12.2. The molecule has 0 spiro atoms. The molecular weight excluding hydrogens is 298 g/mol. The fourth-order valence-corrected chi connectivity index (χ4v) is 5.10. The molecule has 4 aliphatic carbocycles. The van der Waals surface area contributed by atoms with Gasteiger partial charge in [0.2, 0.25) is 5.91 Å².